The Bertz CT molecular complexity index is 865. The first-order valence-corrected chi connectivity index (χ1v) is 10.5. The van der Waals surface area contributed by atoms with Gasteiger partial charge in [0.25, 0.3) is 0 Å². The summed E-state index contributed by atoms with van der Waals surface area (Å²) in [7, 11) is -1.68. The summed E-state index contributed by atoms with van der Waals surface area (Å²) in [6.45, 7) is 5.36. The van der Waals surface area contributed by atoms with Crippen molar-refractivity contribution in [2.24, 2.45) is 4.99 Å². The van der Waals surface area contributed by atoms with Gasteiger partial charge in [0.2, 0.25) is 0 Å². The topological polar surface area (TPSA) is 79.8 Å². The molecule has 0 aliphatic carbocycles. The smallest absolute Gasteiger partial charge is 0.191 e. The number of benzene rings is 2. The Kier molecular flexibility index (Phi) is 7.67. The lowest BCUT2D eigenvalue weighted by Gasteiger charge is -2.13. The zero-order valence-electron chi connectivity index (χ0n) is 16.0. The van der Waals surface area contributed by atoms with Gasteiger partial charge in [-0.05, 0) is 37.6 Å². The molecule has 0 fully saturated rings. The van der Waals surface area contributed by atoms with E-state index < -0.39 is 9.84 Å². The summed E-state index contributed by atoms with van der Waals surface area (Å²) in [6, 6.07) is 14.4. The van der Waals surface area contributed by atoms with Gasteiger partial charge in [0.05, 0.1) is 24.3 Å². The van der Waals surface area contributed by atoms with E-state index in [0.29, 0.717) is 23.9 Å². The van der Waals surface area contributed by atoms with Gasteiger partial charge in [0.15, 0.2) is 15.8 Å². The number of hydrogen-bond acceptors (Lipinski definition) is 4. The Hall–Kier alpha value is -2.54. The lowest BCUT2D eigenvalue weighted by atomic mass is 10.1. The van der Waals surface area contributed by atoms with Gasteiger partial charge in [0.1, 0.15) is 5.75 Å². The average Bonchev–Trinajstić information content (AvgIpc) is 2.67. The first-order valence-electron chi connectivity index (χ1n) is 8.89. The highest BCUT2D eigenvalue weighted by atomic mass is 32.2. The molecule has 2 aromatic carbocycles. The highest BCUT2D eigenvalue weighted by Gasteiger charge is 2.13. The van der Waals surface area contributed by atoms with Gasteiger partial charge in [-0.3, -0.25) is 0 Å². The predicted octanol–water partition coefficient (Wildman–Crippen LogP) is 2.53. The second-order valence-electron chi connectivity index (χ2n) is 6.07. The normalized spacial score (nSPS) is 11.9. The minimum Gasteiger partial charge on any atom is -0.496 e. The summed E-state index contributed by atoms with van der Waals surface area (Å²) in [6.07, 6.45) is 0. The first-order chi connectivity index (χ1) is 13.0. The van der Waals surface area contributed by atoms with Crippen LogP contribution in [0.3, 0.4) is 0 Å². The fraction of sp³-hybridized carbons (Fsp3) is 0.350. The van der Waals surface area contributed by atoms with Crippen LogP contribution in [0, 0.1) is 6.92 Å². The molecule has 146 valence electrons. The maximum atomic E-state index is 12.3. The van der Waals surface area contributed by atoms with Crippen molar-refractivity contribution in [3.8, 4) is 5.75 Å². The van der Waals surface area contributed by atoms with Crippen LogP contribution in [0.2, 0.25) is 0 Å². The van der Waals surface area contributed by atoms with Crippen LogP contribution < -0.4 is 15.4 Å². The number of ether oxygens (including phenoxy) is 1. The van der Waals surface area contributed by atoms with E-state index in [4.69, 9.17) is 4.74 Å². The molecule has 0 amide bonds. The van der Waals surface area contributed by atoms with Crippen LogP contribution in [-0.2, 0) is 16.4 Å². The van der Waals surface area contributed by atoms with Crippen molar-refractivity contribution in [3.05, 3.63) is 59.7 Å². The lowest BCUT2D eigenvalue weighted by Crippen LogP contribution is -2.39. The number of hydrogen-bond donors (Lipinski definition) is 2. The summed E-state index contributed by atoms with van der Waals surface area (Å²) in [5.74, 6) is 1.36. The SMILES string of the molecule is CCNC(=NCc1ccc(C)cc1OC)NCCS(=O)(=O)c1ccccc1. The molecule has 6 nitrogen and oxygen atoms in total. The number of rotatable bonds is 8. The van der Waals surface area contributed by atoms with Crippen LogP contribution in [-0.4, -0.2) is 40.3 Å². The number of guanidine groups is 1. The maximum Gasteiger partial charge on any atom is 0.191 e. The van der Waals surface area contributed by atoms with Gasteiger partial charge in [-0.1, -0.05) is 30.3 Å². The number of aliphatic imine (C=N–C) groups is 1. The third-order valence-electron chi connectivity index (χ3n) is 3.96. The molecule has 0 aliphatic rings. The zero-order valence-corrected chi connectivity index (χ0v) is 16.8. The fourth-order valence-electron chi connectivity index (χ4n) is 2.54. The van der Waals surface area contributed by atoms with Crippen molar-refractivity contribution < 1.29 is 13.2 Å². The Balaban J connectivity index is 2.00. The highest BCUT2D eigenvalue weighted by Crippen LogP contribution is 2.20. The van der Waals surface area contributed by atoms with Crippen LogP contribution in [0.5, 0.6) is 5.75 Å². The van der Waals surface area contributed by atoms with E-state index in [1.54, 1.807) is 37.4 Å². The van der Waals surface area contributed by atoms with E-state index in [1.165, 1.54) is 0 Å². The van der Waals surface area contributed by atoms with E-state index in [9.17, 15) is 8.42 Å². The van der Waals surface area contributed by atoms with Crippen molar-refractivity contribution >= 4 is 15.8 Å². The quantitative estimate of drug-likeness (QED) is 0.536. The number of methoxy groups -OCH3 is 1. The molecule has 27 heavy (non-hydrogen) atoms. The number of sulfone groups is 1. The largest absolute Gasteiger partial charge is 0.496 e. The molecule has 0 saturated carbocycles. The van der Waals surface area contributed by atoms with Gasteiger partial charge >= 0.3 is 0 Å². The second-order valence-corrected chi connectivity index (χ2v) is 8.18. The molecule has 0 unspecified atom stereocenters. The molecular formula is C20H27N3O3S. The minimum absolute atomic E-state index is 0.00468. The molecule has 0 aliphatic heterocycles. The predicted molar refractivity (Wildman–Crippen MR) is 109 cm³/mol. The summed E-state index contributed by atoms with van der Waals surface area (Å²) in [5.41, 5.74) is 2.09. The van der Waals surface area contributed by atoms with Gasteiger partial charge < -0.3 is 15.4 Å². The molecule has 0 radical (unpaired) electrons. The van der Waals surface area contributed by atoms with Crippen LogP contribution in [0.15, 0.2) is 58.4 Å². The zero-order chi connectivity index (χ0) is 19.7. The van der Waals surface area contributed by atoms with E-state index in [1.807, 2.05) is 32.0 Å². The Morgan fingerprint density at radius 3 is 2.52 bits per heavy atom. The average molecular weight is 390 g/mol. The Morgan fingerprint density at radius 1 is 1.11 bits per heavy atom. The highest BCUT2D eigenvalue weighted by molar-refractivity contribution is 7.91. The number of aryl methyl sites for hydroxylation is 1. The van der Waals surface area contributed by atoms with Crippen molar-refractivity contribution in [1.82, 2.24) is 10.6 Å². The summed E-state index contributed by atoms with van der Waals surface area (Å²) >= 11 is 0. The van der Waals surface area contributed by atoms with Gasteiger partial charge in [0, 0.05) is 18.7 Å². The number of nitrogens with one attached hydrogen (secondary N) is 2. The number of nitrogens with zero attached hydrogens (tertiary/aromatic N) is 1. The molecule has 0 heterocycles. The fourth-order valence-corrected chi connectivity index (χ4v) is 3.72. The Labute approximate surface area is 161 Å². The molecule has 0 atom stereocenters. The molecule has 2 rings (SSSR count). The third-order valence-corrected chi connectivity index (χ3v) is 5.69. The Morgan fingerprint density at radius 2 is 1.85 bits per heavy atom. The molecule has 0 bridgehead atoms. The molecule has 0 saturated heterocycles. The lowest BCUT2D eigenvalue weighted by molar-refractivity contribution is 0.409. The summed E-state index contributed by atoms with van der Waals surface area (Å²) in [4.78, 5) is 4.87. The molecule has 0 spiro atoms. The van der Waals surface area contributed by atoms with Crippen LogP contribution in [0.25, 0.3) is 0 Å². The molecule has 0 aromatic heterocycles. The first kappa shape index (κ1) is 20.8. The molecule has 2 aromatic rings. The third kappa shape index (κ3) is 6.29. The van der Waals surface area contributed by atoms with E-state index in [2.05, 4.69) is 15.6 Å². The standard InChI is InChI=1S/C20H27N3O3S/c1-4-21-20(23-15-17-11-10-16(2)14-19(17)26-3)22-12-13-27(24,25)18-8-6-5-7-9-18/h5-11,14H,4,12-13,15H2,1-3H3,(H2,21,22,23). The van der Waals surface area contributed by atoms with Gasteiger partial charge in [-0.25, -0.2) is 13.4 Å². The van der Waals surface area contributed by atoms with Crippen molar-refractivity contribution in [3.63, 3.8) is 0 Å². The van der Waals surface area contributed by atoms with Gasteiger partial charge in [-0.15, -0.1) is 0 Å². The van der Waals surface area contributed by atoms with Crippen molar-refractivity contribution in [2.75, 3.05) is 26.0 Å². The van der Waals surface area contributed by atoms with Crippen molar-refractivity contribution in [1.29, 1.82) is 0 Å². The molecule has 2 N–H and O–H groups in total. The van der Waals surface area contributed by atoms with Crippen LogP contribution in [0.4, 0.5) is 0 Å². The second kappa shape index (κ2) is 9.97. The monoisotopic (exact) mass is 389 g/mol. The van der Waals surface area contributed by atoms with Gasteiger partial charge in [-0.2, -0.15) is 0 Å². The molecular weight excluding hydrogens is 362 g/mol. The van der Waals surface area contributed by atoms with Crippen LogP contribution in [0.1, 0.15) is 18.1 Å². The molecule has 7 heteroatoms. The van der Waals surface area contributed by atoms with Crippen molar-refractivity contribution in [2.45, 2.75) is 25.3 Å². The summed E-state index contributed by atoms with van der Waals surface area (Å²) < 4.78 is 30.1. The maximum absolute atomic E-state index is 12.3. The minimum atomic E-state index is -3.32. The van der Waals surface area contributed by atoms with E-state index >= 15 is 0 Å². The van der Waals surface area contributed by atoms with Crippen LogP contribution >= 0.6 is 0 Å². The summed E-state index contributed by atoms with van der Waals surface area (Å²) in [5, 5.41) is 6.22. The van der Waals surface area contributed by atoms with E-state index in [0.717, 1.165) is 16.9 Å². The van der Waals surface area contributed by atoms with E-state index in [-0.39, 0.29) is 12.3 Å².